The first kappa shape index (κ1) is 22.1. The molecule has 0 radical (unpaired) electrons. The van der Waals surface area contributed by atoms with Crippen LogP contribution in [0.5, 0.6) is 0 Å². The standard InChI is InChI=1S/C20H42OS/c1-3-5-7-9-11-12-13-14-16-18-20-22(21)19-17-15-10-8-6-4-2/h3-20H2,1-2H3. The highest BCUT2D eigenvalue weighted by Crippen LogP contribution is 2.11. The Morgan fingerprint density at radius 1 is 0.455 bits per heavy atom. The van der Waals surface area contributed by atoms with Crippen molar-refractivity contribution in [1.29, 1.82) is 0 Å². The fraction of sp³-hybridized carbons (Fsp3) is 1.00. The maximum atomic E-state index is 11.9. The lowest BCUT2D eigenvalue weighted by Gasteiger charge is -2.04. The van der Waals surface area contributed by atoms with E-state index in [1.165, 1.54) is 103 Å². The van der Waals surface area contributed by atoms with E-state index in [1.54, 1.807) is 0 Å². The molecule has 1 atom stereocenters. The van der Waals surface area contributed by atoms with E-state index in [0.29, 0.717) is 0 Å². The van der Waals surface area contributed by atoms with E-state index >= 15 is 0 Å². The van der Waals surface area contributed by atoms with Crippen molar-refractivity contribution in [3.63, 3.8) is 0 Å². The summed E-state index contributed by atoms with van der Waals surface area (Å²) in [6, 6.07) is 0. The van der Waals surface area contributed by atoms with Gasteiger partial charge in [0.25, 0.3) is 0 Å². The van der Waals surface area contributed by atoms with E-state index in [-0.39, 0.29) is 0 Å². The van der Waals surface area contributed by atoms with Crippen LogP contribution in [-0.2, 0) is 10.8 Å². The lowest BCUT2D eigenvalue weighted by Crippen LogP contribution is -2.02. The maximum Gasteiger partial charge on any atom is 0.0234 e. The van der Waals surface area contributed by atoms with Crippen molar-refractivity contribution in [2.24, 2.45) is 0 Å². The minimum absolute atomic E-state index is 0.540. The Morgan fingerprint density at radius 3 is 1.05 bits per heavy atom. The van der Waals surface area contributed by atoms with Gasteiger partial charge in [0.15, 0.2) is 0 Å². The van der Waals surface area contributed by atoms with E-state index in [4.69, 9.17) is 0 Å². The molecule has 1 nitrogen and oxygen atoms in total. The summed E-state index contributed by atoms with van der Waals surface area (Å²) in [5, 5.41) is 0. The van der Waals surface area contributed by atoms with Crippen LogP contribution in [0.15, 0.2) is 0 Å². The number of unbranched alkanes of at least 4 members (excludes halogenated alkanes) is 14. The van der Waals surface area contributed by atoms with Gasteiger partial charge in [-0.2, -0.15) is 0 Å². The zero-order valence-corrected chi connectivity index (χ0v) is 16.4. The minimum Gasteiger partial charge on any atom is -0.260 e. The average molecular weight is 331 g/mol. The number of hydrogen-bond acceptors (Lipinski definition) is 1. The lowest BCUT2D eigenvalue weighted by atomic mass is 10.1. The molecule has 0 bridgehead atoms. The van der Waals surface area contributed by atoms with Crippen LogP contribution in [0.3, 0.4) is 0 Å². The van der Waals surface area contributed by atoms with Gasteiger partial charge in [0, 0.05) is 22.3 Å². The second-order valence-corrected chi connectivity index (χ2v) is 8.49. The molecule has 0 aliphatic rings. The molecule has 0 saturated heterocycles. The van der Waals surface area contributed by atoms with Gasteiger partial charge in [0.2, 0.25) is 0 Å². The molecular formula is C20H42OS. The fourth-order valence-electron chi connectivity index (χ4n) is 2.90. The molecule has 0 saturated carbocycles. The molecule has 1 unspecified atom stereocenters. The Hall–Kier alpha value is 0.150. The van der Waals surface area contributed by atoms with Crippen molar-refractivity contribution < 1.29 is 4.21 Å². The summed E-state index contributed by atoms with van der Waals surface area (Å²) in [6.07, 6.45) is 21.5. The summed E-state index contributed by atoms with van der Waals surface area (Å²) in [5.74, 6) is 1.90. The summed E-state index contributed by atoms with van der Waals surface area (Å²) >= 11 is 0. The normalized spacial score (nSPS) is 12.6. The lowest BCUT2D eigenvalue weighted by molar-refractivity contribution is 0.562. The average Bonchev–Trinajstić information content (AvgIpc) is 2.52. The molecule has 2 heteroatoms. The molecule has 0 rings (SSSR count). The molecule has 134 valence electrons. The monoisotopic (exact) mass is 330 g/mol. The highest BCUT2D eigenvalue weighted by molar-refractivity contribution is 7.84. The second kappa shape index (κ2) is 19.2. The molecule has 22 heavy (non-hydrogen) atoms. The van der Waals surface area contributed by atoms with Gasteiger partial charge in [-0.25, -0.2) is 0 Å². The molecule has 0 amide bonds. The quantitative estimate of drug-likeness (QED) is 0.247. The Labute approximate surface area is 143 Å². The highest BCUT2D eigenvalue weighted by Gasteiger charge is 2.00. The minimum atomic E-state index is -0.540. The molecule has 0 aromatic rings. The zero-order chi connectivity index (χ0) is 16.3. The fourth-order valence-corrected chi connectivity index (χ4v) is 4.15. The predicted octanol–water partition coefficient (Wildman–Crippen LogP) is 7.02. The van der Waals surface area contributed by atoms with Crippen molar-refractivity contribution in [2.45, 2.75) is 117 Å². The molecular weight excluding hydrogens is 288 g/mol. The topological polar surface area (TPSA) is 17.1 Å². The van der Waals surface area contributed by atoms with Gasteiger partial charge in [0.05, 0.1) is 0 Å². The maximum absolute atomic E-state index is 11.9. The van der Waals surface area contributed by atoms with Crippen LogP contribution in [-0.4, -0.2) is 15.7 Å². The van der Waals surface area contributed by atoms with Crippen LogP contribution in [0.2, 0.25) is 0 Å². The smallest absolute Gasteiger partial charge is 0.0234 e. The summed E-state index contributed by atoms with van der Waals surface area (Å²) in [7, 11) is -0.540. The van der Waals surface area contributed by atoms with Gasteiger partial charge in [-0.05, 0) is 12.8 Å². The predicted molar refractivity (Wildman–Crippen MR) is 103 cm³/mol. The van der Waals surface area contributed by atoms with Crippen LogP contribution >= 0.6 is 0 Å². The molecule has 0 heterocycles. The summed E-state index contributed by atoms with van der Waals surface area (Å²) in [4.78, 5) is 0. The molecule has 0 aromatic carbocycles. The van der Waals surface area contributed by atoms with Crippen molar-refractivity contribution >= 4 is 10.8 Å². The summed E-state index contributed by atoms with van der Waals surface area (Å²) < 4.78 is 11.9. The molecule has 0 aliphatic heterocycles. The van der Waals surface area contributed by atoms with Crippen LogP contribution < -0.4 is 0 Å². The SMILES string of the molecule is CCCCCCCCCCCCS(=O)CCCCCCCC. The van der Waals surface area contributed by atoms with Crippen molar-refractivity contribution in [2.75, 3.05) is 11.5 Å². The molecule has 0 aliphatic carbocycles. The van der Waals surface area contributed by atoms with Crippen molar-refractivity contribution in [1.82, 2.24) is 0 Å². The van der Waals surface area contributed by atoms with Gasteiger partial charge in [0.1, 0.15) is 0 Å². The van der Waals surface area contributed by atoms with Crippen LogP contribution in [0.1, 0.15) is 117 Å². The molecule has 0 fully saturated rings. The number of rotatable bonds is 18. The number of hydrogen-bond donors (Lipinski definition) is 0. The molecule has 0 N–H and O–H groups in total. The van der Waals surface area contributed by atoms with Crippen LogP contribution in [0.25, 0.3) is 0 Å². The van der Waals surface area contributed by atoms with Gasteiger partial charge < -0.3 is 0 Å². The Balaban J connectivity index is 3.12. The third kappa shape index (κ3) is 18.2. The van der Waals surface area contributed by atoms with E-state index in [9.17, 15) is 4.21 Å². The van der Waals surface area contributed by atoms with Crippen molar-refractivity contribution in [3.8, 4) is 0 Å². The van der Waals surface area contributed by atoms with E-state index in [2.05, 4.69) is 13.8 Å². The van der Waals surface area contributed by atoms with E-state index < -0.39 is 10.8 Å². The first-order chi connectivity index (χ1) is 10.8. The Bertz CT molecular complexity index is 228. The summed E-state index contributed by atoms with van der Waals surface area (Å²) in [6.45, 7) is 4.53. The summed E-state index contributed by atoms with van der Waals surface area (Å²) in [5.41, 5.74) is 0. The molecule has 0 spiro atoms. The molecule has 0 aromatic heterocycles. The van der Waals surface area contributed by atoms with Crippen LogP contribution in [0, 0.1) is 0 Å². The highest BCUT2D eigenvalue weighted by atomic mass is 32.2. The van der Waals surface area contributed by atoms with E-state index in [1.807, 2.05) is 0 Å². The first-order valence-electron chi connectivity index (χ1n) is 10.2. The van der Waals surface area contributed by atoms with Gasteiger partial charge in [-0.1, -0.05) is 104 Å². The van der Waals surface area contributed by atoms with Gasteiger partial charge in [-0.3, -0.25) is 4.21 Å². The zero-order valence-electron chi connectivity index (χ0n) is 15.5. The Morgan fingerprint density at radius 2 is 0.727 bits per heavy atom. The van der Waals surface area contributed by atoms with Crippen LogP contribution in [0.4, 0.5) is 0 Å². The second-order valence-electron chi connectivity index (χ2n) is 6.80. The Kier molecular flexibility index (Phi) is 19.3. The third-order valence-electron chi connectivity index (χ3n) is 4.45. The van der Waals surface area contributed by atoms with E-state index in [0.717, 1.165) is 11.5 Å². The van der Waals surface area contributed by atoms with Gasteiger partial charge >= 0.3 is 0 Å². The van der Waals surface area contributed by atoms with Crippen molar-refractivity contribution in [3.05, 3.63) is 0 Å². The first-order valence-corrected chi connectivity index (χ1v) is 11.6. The third-order valence-corrected chi connectivity index (χ3v) is 5.94. The largest absolute Gasteiger partial charge is 0.260 e. The van der Waals surface area contributed by atoms with Gasteiger partial charge in [-0.15, -0.1) is 0 Å².